The summed E-state index contributed by atoms with van der Waals surface area (Å²) in [6, 6.07) is 20.0. The number of nitrogens with one attached hydrogen (secondary N) is 1. The Morgan fingerprint density at radius 3 is 2.57 bits per heavy atom. The molecule has 2 aromatic heterocycles. The second-order valence-electron chi connectivity index (χ2n) is 12.0. The SMILES string of the molecule is CCOC(=O)c1c(CCCOc2cccc3ccccc23)c2cccc3c2n1CCCS(=O)(=O)N(C)C(C)c1[nH][n+](C)c(CC)c1-3. The highest BCUT2D eigenvalue weighted by molar-refractivity contribution is 7.89. The third-order valence-electron chi connectivity index (χ3n) is 9.28. The molecule has 0 radical (unpaired) electrons. The second-order valence-corrected chi connectivity index (χ2v) is 14.1. The number of carbonyl (C=O) groups excluding carboxylic acids is 1. The minimum absolute atomic E-state index is 0.0328. The molecule has 10 heteroatoms. The van der Waals surface area contributed by atoms with Crippen LogP contribution >= 0.6 is 0 Å². The first-order valence-corrected chi connectivity index (χ1v) is 17.8. The lowest BCUT2D eigenvalue weighted by Gasteiger charge is -2.23. The van der Waals surface area contributed by atoms with Gasteiger partial charge in [-0.2, -0.15) is 9.40 Å². The molecule has 3 aromatic carbocycles. The number of benzene rings is 3. The maximum Gasteiger partial charge on any atom is 0.355 e. The van der Waals surface area contributed by atoms with Gasteiger partial charge in [0.1, 0.15) is 17.1 Å². The predicted octanol–water partition coefficient (Wildman–Crippen LogP) is 6.09. The van der Waals surface area contributed by atoms with Crippen LogP contribution in [0.25, 0.3) is 32.8 Å². The van der Waals surface area contributed by atoms with E-state index in [-0.39, 0.29) is 12.4 Å². The Morgan fingerprint density at radius 1 is 1.04 bits per heavy atom. The summed E-state index contributed by atoms with van der Waals surface area (Å²) in [5, 5.41) is 6.64. The number of hydrogen-bond donors (Lipinski definition) is 1. The van der Waals surface area contributed by atoms with E-state index >= 15 is 0 Å². The quantitative estimate of drug-likeness (QED) is 0.125. The van der Waals surface area contributed by atoms with Gasteiger partial charge in [0.2, 0.25) is 15.7 Å². The van der Waals surface area contributed by atoms with Crippen LogP contribution in [0.1, 0.15) is 67.1 Å². The van der Waals surface area contributed by atoms with Crippen LogP contribution in [0.15, 0.2) is 60.7 Å². The van der Waals surface area contributed by atoms with Crippen molar-refractivity contribution in [1.29, 1.82) is 0 Å². The number of aromatic amines is 1. The van der Waals surface area contributed by atoms with E-state index in [9.17, 15) is 13.2 Å². The molecule has 1 aliphatic rings. The maximum absolute atomic E-state index is 13.8. The third kappa shape index (κ3) is 5.58. The summed E-state index contributed by atoms with van der Waals surface area (Å²) in [6.45, 7) is 6.91. The normalized spacial score (nSPS) is 16.7. The number of esters is 1. The van der Waals surface area contributed by atoms with Crippen LogP contribution in [-0.2, 0) is 41.2 Å². The zero-order valence-electron chi connectivity index (χ0n) is 27.3. The molecular weight excluding hydrogens is 600 g/mol. The molecule has 0 aliphatic carbocycles. The van der Waals surface area contributed by atoms with Gasteiger partial charge in [-0.15, -0.1) is 4.68 Å². The molecule has 0 spiro atoms. The van der Waals surface area contributed by atoms with Crippen molar-refractivity contribution in [1.82, 2.24) is 14.0 Å². The molecule has 0 fully saturated rings. The molecule has 0 bridgehead atoms. The number of aryl methyl sites for hydroxylation is 3. The van der Waals surface area contributed by atoms with E-state index in [0.29, 0.717) is 38.1 Å². The molecule has 0 amide bonds. The van der Waals surface area contributed by atoms with Crippen LogP contribution in [-0.4, -0.2) is 54.4 Å². The minimum Gasteiger partial charge on any atom is -0.493 e. The van der Waals surface area contributed by atoms with Gasteiger partial charge < -0.3 is 14.0 Å². The lowest BCUT2D eigenvalue weighted by Crippen LogP contribution is -2.36. The Bertz CT molecular complexity index is 2020. The van der Waals surface area contributed by atoms with E-state index < -0.39 is 22.0 Å². The summed E-state index contributed by atoms with van der Waals surface area (Å²) >= 11 is 0. The second kappa shape index (κ2) is 12.9. The van der Waals surface area contributed by atoms with Gasteiger partial charge in [-0.3, -0.25) is 0 Å². The molecule has 242 valence electrons. The van der Waals surface area contributed by atoms with Crippen LogP contribution in [0.3, 0.4) is 0 Å². The van der Waals surface area contributed by atoms with E-state index in [4.69, 9.17) is 9.47 Å². The number of rotatable bonds is 8. The fourth-order valence-corrected chi connectivity index (χ4v) is 8.33. The van der Waals surface area contributed by atoms with Crippen LogP contribution in [0, 0.1) is 0 Å². The summed E-state index contributed by atoms with van der Waals surface area (Å²) in [6.07, 6.45) is 2.37. The molecule has 0 saturated heterocycles. The topological polar surface area (TPSA) is 97.5 Å². The van der Waals surface area contributed by atoms with Gasteiger partial charge in [0.15, 0.2) is 7.05 Å². The molecule has 1 N–H and O–H groups in total. The summed E-state index contributed by atoms with van der Waals surface area (Å²) in [4.78, 5) is 13.8. The number of carbonyl (C=O) groups is 1. The smallest absolute Gasteiger partial charge is 0.355 e. The van der Waals surface area contributed by atoms with Crippen molar-refractivity contribution >= 4 is 37.7 Å². The van der Waals surface area contributed by atoms with Crippen molar-refractivity contribution in [2.75, 3.05) is 26.0 Å². The lowest BCUT2D eigenvalue weighted by molar-refractivity contribution is -0.733. The third-order valence-corrected chi connectivity index (χ3v) is 11.3. The lowest BCUT2D eigenvalue weighted by atomic mass is 9.95. The average molecular weight is 644 g/mol. The summed E-state index contributed by atoms with van der Waals surface area (Å²) in [7, 11) is 0.0384. The van der Waals surface area contributed by atoms with E-state index in [2.05, 4.69) is 42.4 Å². The molecule has 3 heterocycles. The Balaban J connectivity index is 1.49. The van der Waals surface area contributed by atoms with Crippen molar-refractivity contribution in [3.63, 3.8) is 0 Å². The van der Waals surface area contributed by atoms with Crippen molar-refractivity contribution < 1.29 is 27.4 Å². The number of hydrogen-bond acceptors (Lipinski definition) is 5. The predicted molar refractivity (Wildman–Crippen MR) is 181 cm³/mol. The highest BCUT2D eigenvalue weighted by atomic mass is 32.2. The van der Waals surface area contributed by atoms with E-state index in [0.717, 1.165) is 61.9 Å². The number of aromatic nitrogens is 3. The average Bonchev–Trinajstić information content (AvgIpc) is 3.55. The molecule has 46 heavy (non-hydrogen) atoms. The van der Waals surface area contributed by atoms with Crippen molar-refractivity contribution in [3.05, 3.63) is 83.3 Å². The summed E-state index contributed by atoms with van der Waals surface area (Å²) in [5.41, 5.74) is 6.18. The minimum atomic E-state index is -3.57. The van der Waals surface area contributed by atoms with Gasteiger partial charge in [0.25, 0.3) is 0 Å². The van der Waals surface area contributed by atoms with Gasteiger partial charge in [0.05, 0.1) is 36.1 Å². The number of sulfonamides is 1. The molecule has 1 unspecified atom stereocenters. The van der Waals surface area contributed by atoms with E-state index in [1.807, 2.05) is 53.6 Å². The van der Waals surface area contributed by atoms with E-state index in [1.54, 1.807) is 14.0 Å². The Hall–Kier alpha value is -4.15. The number of ether oxygens (including phenoxy) is 2. The number of para-hydroxylation sites is 1. The Kier molecular flexibility index (Phi) is 8.94. The van der Waals surface area contributed by atoms with Gasteiger partial charge in [-0.05, 0) is 50.1 Å². The highest BCUT2D eigenvalue weighted by Crippen LogP contribution is 2.41. The molecule has 6 rings (SSSR count). The number of fused-ring (bicyclic) bond motifs is 3. The molecule has 1 atom stereocenters. The largest absolute Gasteiger partial charge is 0.493 e. The van der Waals surface area contributed by atoms with Crippen LogP contribution in [0.4, 0.5) is 0 Å². The van der Waals surface area contributed by atoms with Gasteiger partial charge in [-0.25, -0.2) is 13.2 Å². The first kappa shape index (κ1) is 31.8. The molecule has 0 saturated carbocycles. The first-order valence-electron chi connectivity index (χ1n) is 16.2. The Labute approximate surface area is 270 Å². The monoisotopic (exact) mass is 643 g/mol. The number of nitrogens with zero attached hydrogens (tertiary/aromatic N) is 3. The molecule has 5 aromatic rings. The molecular formula is C36H43N4O5S+. The zero-order chi connectivity index (χ0) is 32.6. The standard InChI is InChI=1S/C36H42N4O5S/c1-6-30-32-29-18-11-17-27-28(19-12-22-45-31-20-10-15-25-14-8-9-16-26(25)31)35(36(41)44-7-2)40(34(27)29)21-13-23-46(42,43)39(5)24(3)33(32)37-38(30)4/h8-11,14-18,20,24H,6-7,12-13,19,21-23H2,1-5H3/p+1. The fourth-order valence-electron chi connectivity index (χ4n) is 6.96. The van der Waals surface area contributed by atoms with Crippen molar-refractivity contribution in [2.24, 2.45) is 7.05 Å². The first-order chi connectivity index (χ1) is 22.2. The van der Waals surface area contributed by atoms with Gasteiger partial charge in [-0.1, -0.05) is 61.5 Å². The van der Waals surface area contributed by atoms with Crippen LogP contribution in [0.5, 0.6) is 5.75 Å². The van der Waals surface area contributed by atoms with Crippen LogP contribution in [0.2, 0.25) is 0 Å². The molecule has 9 nitrogen and oxygen atoms in total. The Morgan fingerprint density at radius 2 is 1.78 bits per heavy atom. The van der Waals surface area contributed by atoms with Crippen LogP contribution < -0.4 is 9.42 Å². The highest BCUT2D eigenvalue weighted by Gasteiger charge is 2.35. The fraction of sp³-hybridized carbons (Fsp3) is 0.389. The maximum atomic E-state index is 13.8. The molecule has 1 aliphatic heterocycles. The summed E-state index contributed by atoms with van der Waals surface area (Å²) < 4.78 is 44.4. The zero-order valence-corrected chi connectivity index (χ0v) is 28.1. The van der Waals surface area contributed by atoms with Crippen molar-refractivity contribution in [2.45, 2.75) is 59.0 Å². The van der Waals surface area contributed by atoms with Gasteiger partial charge in [0, 0.05) is 36.3 Å². The number of H-pyrrole nitrogens is 1. The summed E-state index contributed by atoms with van der Waals surface area (Å²) in [5.74, 6) is 0.408. The van der Waals surface area contributed by atoms with E-state index in [1.165, 1.54) is 4.31 Å². The van der Waals surface area contributed by atoms with Crippen molar-refractivity contribution in [3.8, 4) is 16.9 Å². The van der Waals surface area contributed by atoms with Gasteiger partial charge >= 0.3 is 5.97 Å².